The fourth-order valence-electron chi connectivity index (χ4n) is 4.33. The summed E-state index contributed by atoms with van der Waals surface area (Å²) in [5, 5.41) is 4.79. The van der Waals surface area contributed by atoms with Crippen LogP contribution in [-0.4, -0.2) is 90.9 Å². The fraction of sp³-hybridized carbons (Fsp3) is 0.519. The van der Waals surface area contributed by atoms with Gasteiger partial charge in [0.05, 0.1) is 30.4 Å². The lowest BCUT2D eigenvalue weighted by Crippen LogP contribution is -2.70. The van der Waals surface area contributed by atoms with Gasteiger partial charge in [-0.3, -0.25) is 24.0 Å². The molecule has 0 aromatic heterocycles. The van der Waals surface area contributed by atoms with Gasteiger partial charge in [-0.1, -0.05) is 0 Å². The molecule has 1 saturated heterocycles. The summed E-state index contributed by atoms with van der Waals surface area (Å²) in [6, 6.07) is 4.55. The number of amides is 1. The predicted molar refractivity (Wildman–Crippen MR) is 147 cm³/mol. The summed E-state index contributed by atoms with van der Waals surface area (Å²) in [7, 11) is 1.05. The Morgan fingerprint density at radius 1 is 1.00 bits per heavy atom. The summed E-state index contributed by atoms with van der Waals surface area (Å²) in [5.41, 5.74) is 0.421. The molecule has 1 N–H and O–H groups in total. The maximum Gasteiger partial charge on any atom is 0.379 e. The number of thiocarbonyl (C=S) groups is 1. The Kier molecular flexibility index (Phi) is 12.7. The van der Waals surface area contributed by atoms with E-state index < -0.39 is 85.0 Å². The van der Waals surface area contributed by atoms with Crippen LogP contribution in [0.15, 0.2) is 29.3 Å². The number of carbonyl (C=O) groups excluding carboxylic acids is 6. The first-order valence-electron chi connectivity index (χ1n) is 12.8. The highest BCUT2D eigenvalue weighted by atomic mass is 32.1. The molecule has 234 valence electrons. The number of hydrogen-bond donors (Lipinski definition) is 1. The minimum Gasteiger partial charge on any atom is -0.464 e. The minimum absolute atomic E-state index is 0.0625. The lowest BCUT2D eigenvalue weighted by Gasteiger charge is -2.48. The summed E-state index contributed by atoms with van der Waals surface area (Å²) in [6.45, 7) is 4.83. The van der Waals surface area contributed by atoms with E-state index >= 15 is 0 Å². The molecular formula is C27H32N2O13S. The number of nitrogens with zero attached hydrogens (tertiary/aromatic N) is 1. The van der Waals surface area contributed by atoms with Crippen molar-refractivity contribution in [2.24, 2.45) is 4.99 Å². The van der Waals surface area contributed by atoms with Crippen molar-refractivity contribution in [3.05, 3.63) is 24.3 Å². The highest BCUT2D eigenvalue weighted by Crippen LogP contribution is 2.38. The SMILES string of the molecule is COC(=O)[C@@]1(Oc2ccc(N=C=S)cc2)C[C@H](OC(C)=O)[C@@H](NC(C)=O)[C@H]([C@H](OC(C)=O)[C@@H](COC(C)=O)OC(C)=O)O1. The van der Waals surface area contributed by atoms with Crippen LogP contribution >= 0.6 is 12.2 Å². The van der Waals surface area contributed by atoms with Crippen LogP contribution in [-0.2, 0) is 57.2 Å². The number of nitrogens with one attached hydrogen (secondary N) is 1. The van der Waals surface area contributed by atoms with Crippen molar-refractivity contribution in [3.8, 4) is 5.75 Å². The quantitative estimate of drug-likeness (QED) is 0.152. The average Bonchev–Trinajstić information content (AvgIpc) is 2.91. The zero-order valence-electron chi connectivity index (χ0n) is 24.3. The molecule has 0 aliphatic carbocycles. The number of isothiocyanates is 1. The van der Waals surface area contributed by atoms with E-state index in [0.29, 0.717) is 5.69 Å². The third-order valence-corrected chi connectivity index (χ3v) is 5.88. The molecule has 1 heterocycles. The van der Waals surface area contributed by atoms with Crippen molar-refractivity contribution < 1.29 is 61.9 Å². The molecular weight excluding hydrogens is 592 g/mol. The molecule has 1 aromatic rings. The number of esters is 5. The zero-order valence-corrected chi connectivity index (χ0v) is 25.1. The lowest BCUT2D eigenvalue weighted by atomic mass is 9.88. The van der Waals surface area contributed by atoms with Gasteiger partial charge < -0.3 is 38.5 Å². The number of carbonyl (C=O) groups is 6. The minimum atomic E-state index is -2.38. The van der Waals surface area contributed by atoms with Gasteiger partial charge in [-0.2, -0.15) is 4.99 Å². The van der Waals surface area contributed by atoms with Crippen LogP contribution in [0.3, 0.4) is 0 Å². The third kappa shape index (κ3) is 10.1. The molecule has 0 radical (unpaired) electrons. The Balaban J connectivity index is 2.78. The first-order chi connectivity index (χ1) is 20.2. The van der Waals surface area contributed by atoms with Crippen molar-refractivity contribution >= 4 is 58.8 Å². The smallest absolute Gasteiger partial charge is 0.379 e. The van der Waals surface area contributed by atoms with Gasteiger partial charge >= 0.3 is 35.6 Å². The highest BCUT2D eigenvalue weighted by molar-refractivity contribution is 7.78. The fourth-order valence-corrected chi connectivity index (χ4v) is 4.44. The molecule has 0 unspecified atom stereocenters. The van der Waals surface area contributed by atoms with Gasteiger partial charge in [0.2, 0.25) is 5.91 Å². The second-order valence-corrected chi connectivity index (χ2v) is 9.41. The van der Waals surface area contributed by atoms with Crippen LogP contribution in [0.5, 0.6) is 5.75 Å². The number of benzene rings is 1. The van der Waals surface area contributed by atoms with E-state index in [1.165, 1.54) is 24.3 Å². The topological polar surface area (TPSA) is 191 Å². The molecule has 1 amide bonds. The van der Waals surface area contributed by atoms with Crippen molar-refractivity contribution in [1.82, 2.24) is 5.32 Å². The molecule has 16 heteroatoms. The van der Waals surface area contributed by atoms with Crippen molar-refractivity contribution in [2.75, 3.05) is 13.7 Å². The first-order valence-corrected chi connectivity index (χ1v) is 13.2. The molecule has 1 fully saturated rings. The maximum absolute atomic E-state index is 13.4. The van der Waals surface area contributed by atoms with E-state index in [1.807, 2.05) is 0 Å². The second-order valence-electron chi connectivity index (χ2n) is 9.23. The largest absolute Gasteiger partial charge is 0.464 e. The molecule has 0 spiro atoms. The summed E-state index contributed by atoms with van der Waals surface area (Å²) in [5.74, 6) is -7.35. The number of ether oxygens (including phenoxy) is 7. The summed E-state index contributed by atoms with van der Waals surface area (Å²) in [6.07, 6.45) is -6.70. The summed E-state index contributed by atoms with van der Waals surface area (Å²) >= 11 is 4.61. The van der Waals surface area contributed by atoms with Crippen LogP contribution in [0.1, 0.15) is 41.0 Å². The number of rotatable bonds is 12. The molecule has 0 saturated carbocycles. The van der Waals surface area contributed by atoms with Crippen molar-refractivity contribution in [1.29, 1.82) is 0 Å². The van der Waals surface area contributed by atoms with E-state index in [9.17, 15) is 28.8 Å². The van der Waals surface area contributed by atoms with Gasteiger partial charge in [0, 0.05) is 34.6 Å². The second kappa shape index (κ2) is 15.7. The third-order valence-electron chi connectivity index (χ3n) is 5.79. The Labute approximate surface area is 252 Å². The molecule has 0 bridgehead atoms. The number of hydrogen-bond acceptors (Lipinski definition) is 15. The Hall–Kier alpha value is -4.40. The summed E-state index contributed by atoms with van der Waals surface area (Å²) in [4.78, 5) is 77.7. The normalized spacial score (nSPS) is 22.3. The average molecular weight is 625 g/mol. The van der Waals surface area contributed by atoms with Crippen LogP contribution in [0.4, 0.5) is 5.69 Å². The molecule has 6 atom stereocenters. The van der Waals surface area contributed by atoms with Gasteiger partial charge in [-0.05, 0) is 36.5 Å². The van der Waals surface area contributed by atoms with Gasteiger partial charge in [-0.25, -0.2) is 4.79 Å². The van der Waals surface area contributed by atoms with Crippen molar-refractivity contribution in [3.63, 3.8) is 0 Å². The van der Waals surface area contributed by atoms with E-state index in [-0.39, 0.29) is 5.75 Å². The van der Waals surface area contributed by atoms with E-state index in [1.54, 1.807) is 0 Å². The zero-order chi connectivity index (χ0) is 32.3. The standard InChI is InChI=1S/C27H32N2O13S/c1-14(30)29-23-21(38-16(3)32)11-27(26(35)36-6,41-20-9-7-19(8-10-20)28-13-43)42-25(23)24(40-18(5)34)22(39-17(4)33)12-37-15(2)31/h7-10,21-25H,11-12H2,1-6H3,(H,29,30)/t21-,22+,23+,24+,25+,27+/m0/s1. The Morgan fingerprint density at radius 3 is 2.12 bits per heavy atom. The number of methoxy groups -OCH3 is 1. The van der Waals surface area contributed by atoms with Gasteiger partial charge in [0.15, 0.2) is 12.2 Å². The van der Waals surface area contributed by atoms with Crippen LogP contribution in [0.2, 0.25) is 0 Å². The van der Waals surface area contributed by atoms with E-state index in [4.69, 9.17) is 33.2 Å². The molecule has 2 rings (SSSR count). The van der Waals surface area contributed by atoms with Crippen molar-refractivity contribution in [2.45, 2.75) is 77.3 Å². The van der Waals surface area contributed by atoms with Crippen LogP contribution < -0.4 is 10.1 Å². The highest BCUT2D eigenvalue weighted by Gasteiger charge is 2.60. The maximum atomic E-state index is 13.4. The van der Waals surface area contributed by atoms with Gasteiger partial charge in [-0.15, -0.1) is 0 Å². The number of aliphatic imine (C=N–C) groups is 1. The van der Waals surface area contributed by atoms with E-state index in [2.05, 4.69) is 27.7 Å². The van der Waals surface area contributed by atoms with Crippen LogP contribution in [0, 0.1) is 0 Å². The monoisotopic (exact) mass is 624 g/mol. The Bertz CT molecular complexity index is 1260. The lowest BCUT2D eigenvalue weighted by molar-refractivity contribution is -0.289. The molecule has 1 aliphatic heterocycles. The predicted octanol–water partition coefficient (Wildman–Crippen LogP) is 1.32. The molecule has 1 aliphatic rings. The molecule has 43 heavy (non-hydrogen) atoms. The van der Waals surface area contributed by atoms with Crippen LogP contribution in [0.25, 0.3) is 0 Å². The van der Waals surface area contributed by atoms with Gasteiger partial charge in [0.25, 0.3) is 0 Å². The molecule has 15 nitrogen and oxygen atoms in total. The van der Waals surface area contributed by atoms with E-state index in [0.717, 1.165) is 41.7 Å². The molecule has 1 aromatic carbocycles. The van der Waals surface area contributed by atoms with Gasteiger partial charge in [0.1, 0.15) is 24.6 Å². The first kappa shape index (κ1) is 34.8. The Morgan fingerprint density at radius 2 is 1.63 bits per heavy atom. The summed E-state index contributed by atoms with van der Waals surface area (Å²) < 4.78 is 38.5.